The molecule has 0 radical (unpaired) electrons. The number of anilines is 1. The maximum absolute atomic E-state index is 11.2. The molecule has 1 aromatic carbocycles. The standard InChI is InChI=1S/C13H14N2O2/c1-9(8-14)15-7-6-11(13(16)17)10-4-2-3-5-12(10)15/h2-5,9,11H,6-7H2,1H3,(H,16,17). The number of aliphatic carboxylic acids is 1. The van der Waals surface area contributed by atoms with Gasteiger partial charge >= 0.3 is 5.97 Å². The minimum Gasteiger partial charge on any atom is -0.481 e. The Morgan fingerprint density at radius 3 is 2.94 bits per heavy atom. The molecule has 0 bridgehead atoms. The lowest BCUT2D eigenvalue weighted by molar-refractivity contribution is -0.139. The van der Waals surface area contributed by atoms with Gasteiger partial charge in [-0.2, -0.15) is 5.26 Å². The fourth-order valence-corrected chi connectivity index (χ4v) is 2.32. The quantitative estimate of drug-likeness (QED) is 0.843. The first-order valence-corrected chi connectivity index (χ1v) is 5.63. The second-order valence-corrected chi connectivity index (χ2v) is 4.24. The highest BCUT2D eigenvalue weighted by molar-refractivity contribution is 5.80. The van der Waals surface area contributed by atoms with Gasteiger partial charge in [-0.05, 0) is 25.0 Å². The third kappa shape index (κ3) is 1.96. The highest BCUT2D eigenvalue weighted by atomic mass is 16.4. The van der Waals surface area contributed by atoms with Crippen LogP contribution in [-0.2, 0) is 4.79 Å². The van der Waals surface area contributed by atoms with Gasteiger partial charge in [0.2, 0.25) is 0 Å². The molecular formula is C13H14N2O2. The molecule has 2 rings (SSSR count). The van der Waals surface area contributed by atoms with Gasteiger partial charge in [0.15, 0.2) is 0 Å². The fraction of sp³-hybridized carbons (Fsp3) is 0.385. The molecule has 2 atom stereocenters. The molecular weight excluding hydrogens is 216 g/mol. The van der Waals surface area contributed by atoms with E-state index in [4.69, 9.17) is 5.26 Å². The number of rotatable bonds is 2. The van der Waals surface area contributed by atoms with Crippen molar-refractivity contribution in [2.45, 2.75) is 25.3 Å². The summed E-state index contributed by atoms with van der Waals surface area (Å²) < 4.78 is 0. The van der Waals surface area contributed by atoms with Gasteiger partial charge in [0.25, 0.3) is 0 Å². The zero-order valence-corrected chi connectivity index (χ0v) is 9.63. The van der Waals surface area contributed by atoms with Crippen LogP contribution in [0.25, 0.3) is 0 Å². The van der Waals surface area contributed by atoms with Crippen LogP contribution in [-0.4, -0.2) is 23.7 Å². The summed E-state index contributed by atoms with van der Waals surface area (Å²) in [4.78, 5) is 13.1. The van der Waals surface area contributed by atoms with E-state index >= 15 is 0 Å². The molecule has 1 aliphatic heterocycles. The zero-order valence-electron chi connectivity index (χ0n) is 9.63. The van der Waals surface area contributed by atoms with E-state index in [2.05, 4.69) is 6.07 Å². The van der Waals surface area contributed by atoms with Crippen LogP contribution in [0.4, 0.5) is 5.69 Å². The second-order valence-electron chi connectivity index (χ2n) is 4.24. The lowest BCUT2D eigenvalue weighted by Crippen LogP contribution is -2.38. The first kappa shape index (κ1) is 11.5. The Bertz CT molecular complexity index is 479. The Morgan fingerprint density at radius 1 is 1.59 bits per heavy atom. The van der Waals surface area contributed by atoms with Crippen molar-refractivity contribution in [1.82, 2.24) is 0 Å². The number of fused-ring (bicyclic) bond motifs is 1. The Balaban J connectivity index is 2.44. The monoisotopic (exact) mass is 230 g/mol. The molecule has 1 aliphatic rings. The Morgan fingerprint density at radius 2 is 2.29 bits per heavy atom. The van der Waals surface area contributed by atoms with E-state index in [-0.39, 0.29) is 6.04 Å². The summed E-state index contributed by atoms with van der Waals surface area (Å²) in [5.74, 6) is -1.24. The Hall–Kier alpha value is -2.02. The number of benzene rings is 1. The maximum Gasteiger partial charge on any atom is 0.311 e. The molecule has 0 saturated carbocycles. The van der Waals surface area contributed by atoms with E-state index in [0.29, 0.717) is 13.0 Å². The summed E-state index contributed by atoms with van der Waals surface area (Å²) in [6.07, 6.45) is 0.554. The van der Waals surface area contributed by atoms with Crippen LogP contribution in [0.15, 0.2) is 24.3 Å². The Labute approximate surface area is 100 Å². The summed E-state index contributed by atoms with van der Waals surface area (Å²) in [5, 5.41) is 18.2. The lowest BCUT2D eigenvalue weighted by Gasteiger charge is -2.35. The number of carboxylic acids is 1. The molecule has 0 aromatic heterocycles. The van der Waals surface area contributed by atoms with E-state index < -0.39 is 11.9 Å². The largest absolute Gasteiger partial charge is 0.481 e. The smallest absolute Gasteiger partial charge is 0.311 e. The highest BCUT2D eigenvalue weighted by Crippen LogP contribution is 2.36. The van der Waals surface area contributed by atoms with E-state index in [1.807, 2.05) is 36.1 Å². The summed E-state index contributed by atoms with van der Waals surface area (Å²) in [6.45, 7) is 2.45. The molecule has 0 fully saturated rings. The van der Waals surface area contributed by atoms with Gasteiger partial charge < -0.3 is 10.0 Å². The summed E-state index contributed by atoms with van der Waals surface area (Å²) >= 11 is 0. The predicted molar refractivity (Wildman–Crippen MR) is 63.9 cm³/mol. The average Bonchev–Trinajstić information content (AvgIpc) is 2.36. The van der Waals surface area contributed by atoms with Crippen molar-refractivity contribution in [2.75, 3.05) is 11.4 Å². The van der Waals surface area contributed by atoms with Crippen molar-refractivity contribution >= 4 is 11.7 Å². The van der Waals surface area contributed by atoms with E-state index in [1.165, 1.54) is 0 Å². The molecule has 4 nitrogen and oxygen atoms in total. The number of para-hydroxylation sites is 1. The van der Waals surface area contributed by atoms with E-state index in [1.54, 1.807) is 0 Å². The first-order valence-electron chi connectivity index (χ1n) is 5.63. The van der Waals surface area contributed by atoms with Crippen LogP contribution < -0.4 is 4.90 Å². The van der Waals surface area contributed by atoms with Gasteiger partial charge in [0, 0.05) is 12.2 Å². The normalized spacial score (nSPS) is 20.2. The van der Waals surface area contributed by atoms with Crippen molar-refractivity contribution in [2.24, 2.45) is 0 Å². The van der Waals surface area contributed by atoms with Crippen LogP contribution in [0.5, 0.6) is 0 Å². The van der Waals surface area contributed by atoms with Crippen molar-refractivity contribution in [3.63, 3.8) is 0 Å². The van der Waals surface area contributed by atoms with Crippen LogP contribution in [0.2, 0.25) is 0 Å². The van der Waals surface area contributed by atoms with E-state index in [9.17, 15) is 9.90 Å². The molecule has 0 aliphatic carbocycles. The summed E-state index contributed by atoms with van der Waals surface area (Å²) in [5.41, 5.74) is 1.69. The second kappa shape index (κ2) is 4.46. The molecule has 1 N–H and O–H groups in total. The van der Waals surface area contributed by atoms with Gasteiger partial charge in [-0.25, -0.2) is 0 Å². The lowest BCUT2D eigenvalue weighted by atomic mass is 9.89. The minimum absolute atomic E-state index is 0.231. The molecule has 88 valence electrons. The highest BCUT2D eigenvalue weighted by Gasteiger charge is 2.31. The molecule has 0 saturated heterocycles. The van der Waals surface area contributed by atoms with Gasteiger partial charge in [-0.1, -0.05) is 18.2 Å². The van der Waals surface area contributed by atoms with Crippen molar-refractivity contribution in [1.29, 1.82) is 5.26 Å². The topological polar surface area (TPSA) is 64.3 Å². The van der Waals surface area contributed by atoms with E-state index in [0.717, 1.165) is 11.3 Å². The van der Waals surface area contributed by atoms with Gasteiger partial charge in [-0.3, -0.25) is 4.79 Å². The molecule has 0 amide bonds. The third-order valence-electron chi connectivity index (χ3n) is 3.23. The molecule has 1 heterocycles. The first-order chi connectivity index (χ1) is 8.15. The maximum atomic E-state index is 11.2. The van der Waals surface area contributed by atoms with Gasteiger partial charge in [0.1, 0.15) is 6.04 Å². The predicted octanol–water partition coefficient (Wildman–Crippen LogP) is 1.98. The Kier molecular flexibility index (Phi) is 3.01. The SMILES string of the molecule is CC(C#N)N1CCC(C(=O)O)c2ccccc21. The third-order valence-corrected chi connectivity index (χ3v) is 3.23. The number of carbonyl (C=O) groups is 1. The average molecular weight is 230 g/mol. The summed E-state index contributed by atoms with van der Waals surface area (Å²) in [7, 11) is 0. The van der Waals surface area contributed by atoms with Crippen molar-refractivity contribution in [3.8, 4) is 6.07 Å². The number of hydrogen-bond acceptors (Lipinski definition) is 3. The van der Waals surface area contributed by atoms with Crippen LogP contribution in [0.3, 0.4) is 0 Å². The molecule has 4 heteroatoms. The minimum atomic E-state index is -0.790. The number of carboxylic acid groups (broad SMARTS) is 1. The molecule has 0 spiro atoms. The summed E-state index contributed by atoms with van der Waals surface area (Å²) in [6, 6.07) is 9.41. The van der Waals surface area contributed by atoms with Crippen LogP contribution >= 0.6 is 0 Å². The number of hydrogen-bond donors (Lipinski definition) is 1. The molecule has 17 heavy (non-hydrogen) atoms. The number of nitrogens with zero attached hydrogens (tertiary/aromatic N) is 2. The van der Waals surface area contributed by atoms with Crippen molar-refractivity contribution < 1.29 is 9.90 Å². The molecule has 2 unspecified atom stereocenters. The van der Waals surface area contributed by atoms with Crippen molar-refractivity contribution in [3.05, 3.63) is 29.8 Å². The molecule has 1 aromatic rings. The van der Waals surface area contributed by atoms with Gasteiger partial charge in [0.05, 0.1) is 12.0 Å². The van der Waals surface area contributed by atoms with Crippen LogP contribution in [0.1, 0.15) is 24.8 Å². The fourth-order valence-electron chi connectivity index (χ4n) is 2.32. The van der Waals surface area contributed by atoms with Crippen LogP contribution in [0, 0.1) is 11.3 Å². The van der Waals surface area contributed by atoms with Gasteiger partial charge in [-0.15, -0.1) is 0 Å². The number of nitriles is 1. The zero-order chi connectivity index (χ0) is 12.4.